The van der Waals surface area contributed by atoms with Crippen molar-refractivity contribution in [3.63, 3.8) is 0 Å². The van der Waals surface area contributed by atoms with Crippen LogP contribution in [0.25, 0.3) is 10.8 Å². The molecule has 7 heteroatoms. The maximum atomic E-state index is 13.1. The first-order chi connectivity index (χ1) is 17.7. The molecule has 5 rings (SSSR count). The van der Waals surface area contributed by atoms with Crippen LogP contribution in [0, 0.1) is 0 Å². The van der Waals surface area contributed by atoms with Crippen molar-refractivity contribution in [1.29, 1.82) is 0 Å². The first-order valence-corrected chi connectivity index (χ1v) is 11.7. The van der Waals surface area contributed by atoms with Gasteiger partial charge in [0, 0.05) is 17.8 Å². The average Bonchev–Trinajstić information content (AvgIpc) is 2.94. The number of urea groups is 1. The maximum Gasteiger partial charge on any atom is 0.315 e. The van der Waals surface area contributed by atoms with Gasteiger partial charge < -0.3 is 10.6 Å². The summed E-state index contributed by atoms with van der Waals surface area (Å²) < 4.78 is 1.42. The molecular weight excluding hydrogens is 450 g/mol. The summed E-state index contributed by atoms with van der Waals surface area (Å²) in [5.74, 6) is 0. The van der Waals surface area contributed by atoms with Gasteiger partial charge in [-0.25, -0.2) is 9.48 Å². The summed E-state index contributed by atoms with van der Waals surface area (Å²) in [5, 5.41) is 11.9. The number of nitrogens with one attached hydrogen (secondary N) is 2. The van der Waals surface area contributed by atoms with E-state index in [1.165, 1.54) is 4.68 Å². The molecule has 0 unspecified atom stereocenters. The highest BCUT2D eigenvalue weighted by Crippen LogP contribution is 2.21. The number of amides is 2. The van der Waals surface area contributed by atoms with Crippen LogP contribution in [0.15, 0.2) is 114 Å². The normalized spacial score (nSPS) is 10.9. The van der Waals surface area contributed by atoms with Gasteiger partial charge in [0.1, 0.15) is 0 Å². The topological polar surface area (TPSA) is 88.9 Å². The van der Waals surface area contributed by atoms with Gasteiger partial charge in [-0.1, -0.05) is 84.9 Å². The molecule has 0 atom stereocenters. The van der Waals surface area contributed by atoms with E-state index in [0.29, 0.717) is 23.0 Å². The Morgan fingerprint density at radius 2 is 1.44 bits per heavy atom. The third-order valence-corrected chi connectivity index (χ3v) is 5.96. The minimum absolute atomic E-state index is 0.163. The number of nitrogens with zero attached hydrogens (tertiary/aromatic N) is 3. The van der Waals surface area contributed by atoms with Crippen LogP contribution < -0.4 is 16.2 Å². The number of benzene rings is 3. The van der Waals surface area contributed by atoms with Gasteiger partial charge in [-0.2, -0.15) is 5.10 Å². The molecule has 2 heterocycles. The Hall–Kier alpha value is -4.78. The van der Waals surface area contributed by atoms with E-state index in [-0.39, 0.29) is 24.2 Å². The van der Waals surface area contributed by atoms with Crippen LogP contribution in [0.1, 0.15) is 28.4 Å². The van der Waals surface area contributed by atoms with E-state index in [1.807, 2.05) is 91.0 Å². The van der Waals surface area contributed by atoms with Gasteiger partial charge >= 0.3 is 6.03 Å². The molecule has 0 aliphatic carbocycles. The van der Waals surface area contributed by atoms with Crippen LogP contribution in [0.3, 0.4) is 0 Å². The summed E-state index contributed by atoms with van der Waals surface area (Å²) in [6.07, 6.45) is 3.40. The lowest BCUT2D eigenvalue weighted by Gasteiger charge is -2.20. The molecule has 0 saturated heterocycles. The van der Waals surface area contributed by atoms with Crippen molar-refractivity contribution in [2.24, 2.45) is 0 Å². The van der Waals surface area contributed by atoms with Crippen molar-refractivity contribution in [2.45, 2.75) is 19.1 Å². The molecule has 3 aromatic carbocycles. The van der Waals surface area contributed by atoms with Gasteiger partial charge in [0.15, 0.2) is 0 Å². The number of hydrogen-bond acceptors (Lipinski definition) is 4. The standard InChI is InChI=1S/C29H25N5O2/c35-28-25-16-8-7-15-24(25)26(33-34(28)20-21-10-9-17-30-18-21)19-31-29(36)32-27(22-11-3-1-4-12-22)23-13-5-2-6-14-23/h1-18,27H,19-20H2,(H2,31,32,36). The molecule has 2 aromatic heterocycles. The Bertz CT molecular complexity index is 1480. The highest BCUT2D eigenvalue weighted by Gasteiger charge is 2.17. The quantitative estimate of drug-likeness (QED) is 0.365. The summed E-state index contributed by atoms with van der Waals surface area (Å²) in [6, 6.07) is 30.0. The number of carbonyl (C=O) groups excluding carboxylic acids is 1. The maximum absolute atomic E-state index is 13.1. The molecule has 2 amide bonds. The predicted octanol–water partition coefficient (Wildman–Crippen LogP) is 4.43. The Balaban J connectivity index is 1.39. The number of carbonyl (C=O) groups is 1. The van der Waals surface area contributed by atoms with Crippen LogP contribution in [0.2, 0.25) is 0 Å². The van der Waals surface area contributed by atoms with E-state index in [0.717, 1.165) is 16.7 Å². The van der Waals surface area contributed by atoms with E-state index in [4.69, 9.17) is 0 Å². The van der Waals surface area contributed by atoms with E-state index in [1.54, 1.807) is 18.5 Å². The van der Waals surface area contributed by atoms with E-state index in [9.17, 15) is 9.59 Å². The molecule has 0 fully saturated rings. The molecule has 36 heavy (non-hydrogen) atoms. The number of pyridine rings is 1. The Morgan fingerprint density at radius 1 is 0.806 bits per heavy atom. The Morgan fingerprint density at radius 3 is 2.08 bits per heavy atom. The molecule has 7 nitrogen and oxygen atoms in total. The third kappa shape index (κ3) is 5.15. The summed E-state index contributed by atoms with van der Waals surface area (Å²) in [7, 11) is 0. The summed E-state index contributed by atoms with van der Waals surface area (Å²) in [6.45, 7) is 0.455. The van der Waals surface area contributed by atoms with Gasteiger partial charge in [-0.3, -0.25) is 9.78 Å². The van der Waals surface area contributed by atoms with Crippen molar-refractivity contribution in [2.75, 3.05) is 0 Å². The second-order valence-corrected chi connectivity index (χ2v) is 8.40. The van der Waals surface area contributed by atoms with Crippen LogP contribution in [0.4, 0.5) is 4.79 Å². The van der Waals surface area contributed by atoms with Gasteiger partial charge in [-0.05, 0) is 28.8 Å². The van der Waals surface area contributed by atoms with Crippen LogP contribution in [0.5, 0.6) is 0 Å². The molecule has 2 N–H and O–H groups in total. The van der Waals surface area contributed by atoms with Crippen molar-refractivity contribution in [1.82, 2.24) is 25.4 Å². The highest BCUT2D eigenvalue weighted by atomic mass is 16.2. The van der Waals surface area contributed by atoms with Crippen molar-refractivity contribution in [3.05, 3.63) is 142 Å². The van der Waals surface area contributed by atoms with E-state index >= 15 is 0 Å². The Kier molecular flexibility index (Phi) is 6.80. The fourth-order valence-corrected chi connectivity index (χ4v) is 4.20. The summed E-state index contributed by atoms with van der Waals surface area (Å²) in [4.78, 5) is 30.2. The van der Waals surface area contributed by atoms with Gasteiger partial charge in [0.2, 0.25) is 0 Å². The predicted molar refractivity (Wildman–Crippen MR) is 139 cm³/mol. The fraction of sp³-hybridized carbons (Fsp3) is 0.103. The van der Waals surface area contributed by atoms with Crippen LogP contribution >= 0.6 is 0 Å². The van der Waals surface area contributed by atoms with Crippen molar-refractivity contribution < 1.29 is 4.79 Å². The molecule has 0 aliphatic rings. The van der Waals surface area contributed by atoms with E-state index < -0.39 is 0 Å². The molecular formula is C29H25N5O2. The molecule has 0 spiro atoms. The number of fused-ring (bicyclic) bond motifs is 1. The zero-order chi connectivity index (χ0) is 24.7. The molecule has 0 saturated carbocycles. The first kappa shape index (κ1) is 23.0. The average molecular weight is 476 g/mol. The molecule has 0 radical (unpaired) electrons. The lowest BCUT2D eigenvalue weighted by atomic mass is 9.99. The smallest absolute Gasteiger partial charge is 0.315 e. The molecule has 0 bridgehead atoms. The Labute approximate surface area is 208 Å². The zero-order valence-electron chi connectivity index (χ0n) is 19.5. The number of aromatic nitrogens is 3. The van der Waals surface area contributed by atoms with Crippen LogP contribution in [-0.2, 0) is 13.1 Å². The molecule has 5 aromatic rings. The van der Waals surface area contributed by atoms with Gasteiger partial charge in [-0.15, -0.1) is 0 Å². The van der Waals surface area contributed by atoms with E-state index in [2.05, 4.69) is 20.7 Å². The van der Waals surface area contributed by atoms with Crippen LogP contribution in [-0.4, -0.2) is 20.8 Å². The largest absolute Gasteiger partial charge is 0.332 e. The van der Waals surface area contributed by atoms with Gasteiger partial charge in [0.05, 0.1) is 30.2 Å². The van der Waals surface area contributed by atoms with Crippen molar-refractivity contribution in [3.8, 4) is 0 Å². The number of hydrogen-bond donors (Lipinski definition) is 2. The SMILES string of the molecule is O=C(NCc1nn(Cc2cccnc2)c(=O)c2ccccc12)NC(c1ccccc1)c1ccccc1. The number of rotatable bonds is 7. The van der Waals surface area contributed by atoms with Crippen molar-refractivity contribution >= 4 is 16.8 Å². The highest BCUT2D eigenvalue weighted by molar-refractivity contribution is 5.84. The minimum atomic E-state index is -0.330. The summed E-state index contributed by atoms with van der Waals surface area (Å²) in [5.41, 5.74) is 3.25. The zero-order valence-corrected chi connectivity index (χ0v) is 19.5. The monoisotopic (exact) mass is 475 g/mol. The second-order valence-electron chi connectivity index (χ2n) is 8.40. The fourth-order valence-electron chi connectivity index (χ4n) is 4.20. The van der Waals surface area contributed by atoms with Gasteiger partial charge in [0.25, 0.3) is 5.56 Å². The third-order valence-electron chi connectivity index (χ3n) is 5.96. The first-order valence-electron chi connectivity index (χ1n) is 11.7. The summed E-state index contributed by atoms with van der Waals surface area (Å²) >= 11 is 0. The second kappa shape index (κ2) is 10.7. The molecule has 0 aliphatic heterocycles. The minimum Gasteiger partial charge on any atom is -0.332 e. The lowest BCUT2D eigenvalue weighted by molar-refractivity contribution is 0.238. The molecule has 178 valence electrons. The lowest BCUT2D eigenvalue weighted by Crippen LogP contribution is -2.38.